The maximum absolute atomic E-state index is 5.58. The summed E-state index contributed by atoms with van der Waals surface area (Å²) in [6.07, 6.45) is 3.14. The molecule has 0 amide bonds. The smallest absolute Gasteiger partial charge is 0.0764 e. The average molecular weight is 239 g/mol. The molecule has 0 aliphatic heterocycles. The van der Waals surface area contributed by atoms with Gasteiger partial charge in [0.15, 0.2) is 0 Å². The van der Waals surface area contributed by atoms with Crippen molar-refractivity contribution >= 4 is 0 Å². The maximum Gasteiger partial charge on any atom is 0.0764 e. The molecule has 0 spiro atoms. The molecule has 0 saturated heterocycles. The largest absolute Gasteiger partial charge is 0.329 e. The van der Waals surface area contributed by atoms with Gasteiger partial charge in [0.05, 0.1) is 5.69 Å². The van der Waals surface area contributed by atoms with Crippen molar-refractivity contribution in [3.05, 3.63) is 18.0 Å². The molecular formula is C12H25N5. The summed E-state index contributed by atoms with van der Waals surface area (Å²) in [7, 11) is 0. The third-order valence-electron chi connectivity index (χ3n) is 2.98. The van der Waals surface area contributed by atoms with Gasteiger partial charge in [0, 0.05) is 45.0 Å². The summed E-state index contributed by atoms with van der Waals surface area (Å²) in [5, 5.41) is 4.58. The number of nitrogens with zero attached hydrogens (tertiary/aromatic N) is 3. The lowest BCUT2D eigenvalue weighted by molar-refractivity contribution is 0.275. The van der Waals surface area contributed by atoms with Gasteiger partial charge in [-0.25, -0.2) is 0 Å². The van der Waals surface area contributed by atoms with Gasteiger partial charge in [-0.05, 0) is 19.4 Å². The molecular weight excluding hydrogens is 214 g/mol. The predicted molar refractivity (Wildman–Crippen MR) is 70.6 cm³/mol. The standard InChI is InChI=1S/C12H25N5/c1-3-11(2)17-7-4-12(15-17)10-16(8-5-13)9-6-14/h4,7,11H,3,5-6,8-10,13-14H2,1-2H3. The molecule has 5 heteroatoms. The minimum absolute atomic E-state index is 0.459. The van der Waals surface area contributed by atoms with E-state index in [0.29, 0.717) is 19.1 Å². The Morgan fingerprint density at radius 2 is 2.00 bits per heavy atom. The summed E-state index contributed by atoms with van der Waals surface area (Å²) in [5.74, 6) is 0. The maximum atomic E-state index is 5.58. The molecule has 1 unspecified atom stereocenters. The molecule has 5 nitrogen and oxygen atoms in total. The highest BCUT2D eigenvalue weighted by Crippen LogP contribution is 2.10. The van der Waals surface area contributed by atoms with Gasteiger partial charge in [0.25, 0.3) is 0 Å². The fraction of sp³-hybridized carbons (Fsp3) is 0.750. The third kappa shape index (κ3) is 4.46. The highest BCUT2D eigenvalue weighted by atomic mass is 15.3. The highest BCUT2D eigenvalue weighted by Gasteiger charge is 2.08. The zero-order valence-electron chi connectivity index (χ0n) is 11.0. The van der Waals surface area contributed by atoms with Gasteiger partial charge in [-0.3, -0.25) is 9.58 Å². The van der Waals surface area contributed by atoms with Crippen LogP contribution in [0.2, 0.25) is 0 Å². The minimum Gasteiger partial charge on any atom is -0.329 e. The Balaban J connectivity index is 2.56. The Morgan fingerprint density at radius 3 is 2.53 bits per heavy atom. The van der Waals surface area contributed by atoms with E-state index in [2.05, 4.69) is 29.9 Å². The van der Waals surface area contributed by atoms with Crippen molar-refractivity contribution in [1.29, 1.82) is 0 Å². The van der Waals surface area contributed by atoms with Crippen LogP contribution in [0, 0.1) is 0 Å². The summed E-state index contributed by atoms with van der Waals surface area (Å²) >= 11 is 0. The molecule has 1 heterocycles. The Bertz CT molecular complexity index is 304. The van der Waals surface area contributed by atoms with Crippen molar-refractivity contribution in [3.8, 4) is 0 Å². The molecule has 0 bridgehead atoms. The van der Waals surface area contributed by atoms with Crippen molar-refractivity contribution in [2.45, 2.75) is 32.9 Å². The van der Waals surface area contributed by atoms with E-state index in [1.165, 1.54) is 0 Å². The monoisotopic (exact) mass is 239 g/mol. The van der Waals surface area contributed by atoms with Crippen LogP contribution in [-0.4, -0.2) is 40.9 Å². The van der Waals surface area contributed by atoms with Crippen LogP contribution in [0.3, 0.4) is 0 Å². The molecule has 17 heavy (non-hydrogen) atoms. The molecule has 0 saturated carbocycles. The first kappa shape index (κ1) is 14.2. The van der Waals surface area contributed by atoms with E-state index in [1.807, 2.05) is 10.9 Å². The number of nitrogens with two attached hydrogens (primary N) is 2. The molecule has 0 radical (unpaired) electrons. The molecule has 4 N–H and O–H groups in total. The first-order valence-corrected chi connectivity index (χ1v) is 6.37. The number of rotatable bonds is 8. The van der Waals surface area contributed by atoms with Crippen LogP contribution in [0.5, 0.6) is 0 Å². The minimum atomic E-state index is 0.459. The fourth-order valence-corrected chi connectivity index (χ4v) is 1.76. The molecule has 1 rings (SSSR count). The molecule has 1 atom stereocenters. The Hall–Kier alpha value is -0.910. The van der Waals surface area contributed by atoms with Gasteiger partial charge in [-0.2, -0.15) is 5.10 Å². The second kappa shape index (κ2) is 7.42. The summed E-state index contributed by atoms with van der Waals surface area (Å²) < 4.78 is 2.03. The Labute approximate surface area is 104 Å². The van der Waals surface area contributed by atoms with Crippen LogP contribution in [-0.2, 0) is 6.54 Å². The summed E-state index contributed by atoms with van der Waals surface area (Å²) in [6.45, 7) is 8.23. The number of aromatic nitrogens is 2. The number of hydrogen-bond acceptors (Lipinski definition) is 4. The van der Waals surface area contributed by atoms with Gasteiger partial charge in [0.2, 0.25) is 0 Å². The second-order valence-electron chi connectivity index (χ2n) is 4.40. The van der Waals surface area contributed by atoms with Crippen molar-refractivity contribution in [2.75, 3.05) is 26.2 Å². The van der Waals surface area contributed by atoms with E-state index in [-0.39, 0.29) is 0 Å². The lowest BCUT2D eigenvalue weighted by Crippen LogP contribution is -2.33. The van der Waals surface area contributed by atoms with E-state index >= 15 is 0 Å². The zero-order valence-corrected chi connectivity index (χ0v) is 11.0. The van der Waals surface area contributed by atoms with Crippen LogP contribution in [0.15, 0.2) is 12.3 Å². The van der Waals surface area contributed by atoms with Crippen LogP contribution in [0.4, 0.5) is 0 Å². The average Bonchev–Trinajstić information content (AvgIpc) is 2.77. The first-order chi connectivity index (χ1) is 8.21. The van der Waals surface area contributed by atoms with Gasteiger partial charge in [-0.1, -0.05) is 6.92 Å². The normalized spacial score (nSPS) is 13.2. The molecule has 1 aromatic heterocycles. The van der Waals surface area contributed by atoms with Crippen LogP contribution in [0.25, 0.3) is 0 Å². The van der Waals surface area contributed by atoms with Crippen LogP contribution < -0.4 is 11.5 Å². The summed E-state index contributed by atoms with van der Waals surface area (Å²) in [5.41, 5.74) is 12.3. The fourth-order valence-electron chi connectivity index (χ4n) is 1.76. The quantitative estimate of drug-likeness (QED) is 0.696. The van der Waals surface area contributed by atoms with Gasteiger partial charge >= 0.3 is 0 Å². The predicted octanol–water partition coefficient (Wildman–Crippen LogP) is 0.574. The van der Waals surface area contributed by atoms with E-state index in [9.17, 15) is 0 Å². The lowest BCUT2D eigenvalue weighted by atomic mass is 10.3. The molecule has 1 aromatic rings. The summed E-state index contributed by atoms with van der Waals surface area (Å²) in [6, 6.07) is 2.54. The van der Waals surface area contributed by atoms with Crippen LogP contribution in [0.1, 0.15) is 32.0 Å². The molecule has 0 fully saturated rings. The first-order valence-electron chi connectivity index (χ1n) is 6.37. The summed E-state index contributed by atoms with van der Waals surface area (Å²) in [4.78, 5) is 2.24. The van der Waals surface area contributed by atoms with Gasteiger partial charge in [0.1, 0.15) is 0 Å². The van der Waals surface area contributed by atoms with Crippen molar-refractivity contribution in [1.82, 2.24) is 14.7 Å². The van der Waals surface area contributed by atoms with Crippen molar-refractivity contribution in [3.63, 3.8) is 0 Å². The van der Waals surface area contributed by atoms with Crippen molar-refractivity contribution in [2.24, 2.45) is 11.5 Å². The highest BCUT2D eigenvalue weighted by molar-refractivity contribution is 4.99. The van der Waals surface area contributed by atoms with E-state index < -0.39 is 0 Å². The molecule has 98 valence electrons. The molecule has 0 aliphatic carbocycles. The lowest BCUT2D eigenvalue weighted by Gasteiger charge is -2.19. The van der Waals surface area contributed by atoms with E-state index in [4.69, 9.17) is 11.5 Å². The Kier molecular flexibility index (Phi) is 6.18. The zero-order chi connectivity index (χ0) is 12.7. The third-order valence-corrected chi connectivity index (χ3v) is 2.98. The second-order valence-corrected chi connectivity index (χ2v) is 4.40. The Morgan fingerprint density at radius 1 is 1.35 bits per heavy atom. The topological polar surface area (TPSA) is 73.1 Å². The van der Waals surface area contributed by atoms with E-state index in [0.717, 1.165) is 31.7 Å². The van der Waals surface area contributed by atoms with Gasteiger partial charge in [-0.15, -0.1) is 0 Å². The van der Waals surface area contributed by atoms with E-state index in [1.54, 1.807) is 0 Å². The van der Waals surface area contributed by atoms with Crippen LogP contribution >= 0.6 is 0 Å². The SMILES string of the molecule is CCC(C)n1ccc(CN(CCN)CCN)n1. The van der Waals surface area contributed by atoms with Crippen molar-refractivity contribution < 1.29 is 0 Å². The molecule has 0 aromatic carbocycles. The molecule has 0 aliphatic rings. The van der Waals surface area contributed by atoms with Gasteiger partial charge < -0.3 is 11.5 Å². The number of hydrogen-bond donors (Lipinski definition) is 2.